The Morgan fingerprint density at radius 1 is 1.53 bits per heavy atom. The minimum Gasteiger partial charge on any atom is -0.492 e. The molecule has 0 bridgehead atoms. The molecule has 3 N–H and O–H groups in total. The summed E-state index contributed by atoms with van der Waals surface area (Å²) in [5.74, 6) is 0.358. The summed E-state index contributed by atoms with van der Waals surface area (Å²) in [7, 11) is 0. The lowest BCUT2D eigenvalue weighted by atomic mass is 10.2. The molecule has 0 saturated heterocycles. The molecule has 0 fully saturated rings. The van der Waals surface area contributed by atoms with Crippen molar-refractivity contribution in [1.29, 1.82) is 0 Å². The second-order valence-corrected chi connectivity index (χ2v) is 4.85. The number of hydrogen-bond acceptors (Lipinski definition) is 5. The highest BCUT2D eigenvalue weighted by molar-refractivity contribution is 7.13. The number of nitrogens with zero attached hydrogens (tertiary/aromatic N) is 1. The first-order chi connectivity index (χ1) is 9.10. The van der Waals surface area contributed by atoms with Gasteiger partial charge in [0.25, 0.3) is 5.91 Å². The van der Waals surface area contributed by atoms with Crippen LogP contribution in [0.1, 0.15) is 23.0 Å². The van der Waals surface area contributed by atoms with E-state index in [0.717, 1.165) is 5.56 Å². The molecule has 0 aliphatic rings. The fraction of sp³-hybridized carbons (Fsp3) is 0.231. The number of carbonyl (C=O) groups is 1. The van der Waals surface area contributed by atoms with E-state index in [-0.39, 0.29) is 5.91 Å². The number of amides is 1. The number of anilines is 2. The van der Waals surface area contributed by atoms with E-state index in [1.807, 2.05) is 32.0 Å². The van der Waals surface area contributed by atoms with Crippen LogP contribution in [0, 0.1) is 6.92 Å². The predicted molar refractivity (Wildman–Crippen MR) is 76.8 cm³/mol. The van der Waals surface area contributed by atoms with Gasteiger partial charge >= 0.3 is 0 Å². The monoisotopic (exact) mass is 277 g/mol. The molecular formula is C13H15N3O2S. The van der Waals surface area contributed by atoms with Crippen LogP contribution in [0.5, 0.6) is 5.75 Å². The van der Waals surface area contributed by atoms with Gasteiger partial charge in [-0.05, 0) is 31.5 Å². The van der Waals surface area contributed by atoms with E-state index in [1.165, 1.54) is 11.3 Å². The molecular weight excluding hydrogens is 262 g/mol. The quantitative estimate of drug-likeness (QED) is 0.900. The number of carbonyl (C=O) groups excluding carboxylic acids is 1. The largest absolute Gasteiger partial charge is 0.492 e. The van der Waals surface area contributed by atoms with Crippen molar-refractivity contribution in [1.82, 2.24) is 4.98 Å². The maximum absolute atomic E-state index is 12.0. The van der Waals surface area contributed by atoms with Crippen LogP contribution in [0.4, 0.5) is 10.8 Å². The topological polar surface area (TPSA) is 77.2 Å². The molecule has 1 aromatic heterocycles. The number of ether oxygens (including phenoxy) is 1. The van der Waals surface area contributed by atoms with Gasteiger partial charge in [0.1, 0.15) is 11.4 Å². The van der Waals surface area contributed by atoms with Crippen molar-refractivity contribution < 1.29 is 9.53 Å². The van der Waals surface area contributed by atoms with Crippen LogP contribution in [-0.2, 0) is 0 Å². The first-order valence-electron chi connectivity index (χ1n) is 5.86. The highest BCUT2D eigenvalue weighted by atomic mass is 32.1. The molecule has 0 spiro atoms. The fourth-order valence-corrected chi connectivity index (χ4v) is 2.13. The van der Waals surface area contributed by atoms with E-state index in [2.05, 4.69) is 10.3 Å². The van der Waals surface area contributed by atoms with Crippen LogP contribution >= 0.6 is 11.3 Å². The molecule has 1 aromatic carbocycles. The Morgan fingerprint density at radius 3 is 2.95 bits per heavy atom. The number of thiazole rings is 1. The molecule has 0 radical (unpaired) electrons. The van der Waals surface area contributed by atoms with Crippen LogP contribution in [0.15, 0.2) is 23.6 Å². The first kappa shape index (κ1) is 13.4. The normalized spacial score (nSPS) is 10.2. The predicted octanol–water partition coefficient (Wildman–Crippen LogP) is 2.68. The Bertz CT molecular complexity index is 595. The number of hydrogen-bond donors (Lipinski definition) is 2. The lowest BCUT2D eigenvalue weighted by Gasteiger charge is -2.11. The number of benzene rings is 1. The van der Waals surface area contributed by atoms with Crippen LogP contribution in [0.25, 0.3) is 0 Å². The highest BCUT2D eigenvalue weighted by Gasteiger charge is 2.12. The molecule has 0 saturated carbocycles. The summed E-state index contributed by atoms with van der Waals surface area (Å²) < 4.78 is 5.50. The lowest BCUT2D eigenvalue weighted by molar-refractivity contribution is 0.102. The summed E-state index contributed by atoms with van der Waals surface area (Å²) in [6.07, 6.45) is 0. The molecule has 100 valence electrons. The molecule has 1 heterocycles. The summed E-state index contributed by atoms with van der Waals surface area (Å²) in [5, 5.41) is 4.78. The number of nitrogens with two attached hydrogens (primary N) is 1. The highest BCUT2D eigenvalue weighted by Crippen LogP contribution is 2.26. The van der Waals surface area contributed by atoms with Crippen LogP contribution in [0.3, 0.4) is 0 Å². The van der Waals surface area contributed by atoms with Gasteiger partial charge < -0.3 is 15.8 Å². The minimum atomic E-state index is -0.294. The van der Waals surface area contributed by atoms with E-state index in [1.54, 1.807) is 5.38 Å². The second-order valence-electron chi connectivity index (χ2n) is 3.96. The summed E-state index contributed by atoms with van der Waals surface area (Å²) in [6.45, 7) is 4.40. The molecule has 19 heavy (non-hydrogen) atoms. The average Bonchev–Trinajstić information content (AvgIpc) is 2.80. The van der Waals surface area contributed by atoms with Gasteiger partial charge in [-0.25, -0.2) is 4.98 Å². The van der Waals surface area contributed by atoms with Crippen molar-refractivity contribution in [2.24, 2.45) is 0 Å². The third-order valence-electron chi connectivity index (χ3n) is 2.44. The van der Waals surface area contributed by atoms with Gasteiger partial charge in [-0.3, -0.25) is 4.79 Å². The SMILES string of the molecule is CCOc1cc(C)ccc1NC(=O)c1csc(N)n1. The maximum Gasteiger partial charge on any atom is 0.275 e. The number of rotatable bonds is 4. The Hall–Kier alpha value is -2.08. The molecule has 0 aliphatic heterocycles. The van der Waals surface area contributed by atoms with Gasteiger partial charge in [-0.15, -0.1) is 11.3 Å². The van der Waals surface area contributed by atoms with Crippen LogP contribution < -0.4 is 15.8 Å². The van der Waals surface area contributed by atoms with Crippen LogP contribution in [0.2, 0.25) is 0 Å². The standard InChI is InChI=1S/C13H15N3O2S/c1-3-18-11-6-8(2)4-5-9(11)15-12(17)10-7-19-13(14)16-10/h4-7H,3H2,1-2H3,(H2,14,16)(H,15,17). The number of aryl methyl sites for hydroxylation is 1. The van der Waals surface area contributed by atoms with Crippen molar-refractivity contribution in [3.05, 3.63) is 34.8 Å². The molecule has 0 unspecified atom stereocenters. The molecule has 2 aromatic rings. The van der Waals surface area contributed by atoms with Gasteiger partial charge in [-0.1, -0.05) is 6.07 Å². The zero-order chi connectivity index (χ0) is 13.8. The molecule has 6 heteroatoms. The fourth-order valence-electron chi connectivity index (χ4n) is 1.59. The van der Waals surface area contributed by atoms with E-state index >= 15 is 0 Å². The number of nitrogen functional groups attached to an aromatic ring is 1. The first-order valence-corrected chi connectivity index (χ1v) is 6.74. The van der Waals surface area contributed by atoms with Crippen molar-refractivity contribution >= 4 is 28.1 Å². The van der Waals surface area contributed by atoms with Crippen molar-refractivity contribution in [2.75, 3.05) is 17.7 Å². The number of nitrogens with one attached hydrogen (secondary N) is 1. The smallest absolute Gasteiger partial charge is 0.275 e. The van der Waals surface area contributed by atoms with E-state index in [0.29, 0.717) is 28.9 Å². The van der Waals surface area contributed by atoms with Gasteiger partial charge in [0.15, 0.2) is 5.13 Å². The van der Waals surface area contributed by atoms with Crippen molar-refractivity contribution in [3.63, 3.8) is 0 Å². The molecule has 1 amide bonds. The van der Waals surface area contributed by atoms with Crippen molar-refractivity contribution in [2.45, 2.75) is 13.8 Å². The third-order valence-corrected chi connectivity index (χ3v) is 3.11. The molecule has 2 rings (SSSR count). The molecule has 0 aliphatic carbocycles. The zero-order valence-corrected chi connectivity index (χ0v) is 11.6. The Labute approximate surface area is 115 Å². The van der Waals surface area contributed by atoms with Gasteiger partial charge in [0, 0.05) is 5.38 Å². The van der Waals surface area contributed by atoms with Crippen molar-refractivity contribution in [3.8, 4) is 5.75 Å². The second kappa shape index (κ2) is 5.71. The zero-order valence-electron chi connectivity index (χ0n) is 10.8. The minimum absolute atomic E-state index is 0.294. The average molecular weight is 277 g/mol. The summed E-state index contributed by atoms with van der Waals surface area (Å²) in [4.78, 5) is 15.9. The number of aromatic nitrogens is 1. The van der Waals surface area contributed by atoms with Gasteiger partial charge in [-0.2, -0.15) is 0 Å². The maximum atomic E-state index is 12.0. The summed E-state index contributed by atoms with van der Waals surface area (Å²) in [6, 6.07) is 5.61. The molecule has 0 atom stereocenters. The van der Waals surface area contributed by atoms with Crippen LogP contribution in [-0.4, -0.2) is 17.5 Å². The Kier molecular flexibility index (Phi) is 4.01. The Morgan fingerprint density at radius 2 is 2.32 bits per heavy atom. The van der Waals surface area contributed by atoms with Gasteiger partial charge in [0.05, 0.1) is 12.3 Å². The third kappa shape index (κ3) is 3.23. The Balaban J connectivity index is 2.20. The molecule has 5 nitrogen and oxygen atoms in total. The van der Waals surface area contributed by atoms with E-state index in [9.17, 15) is 4.79 Å². The van der Waals surface area contributed by atoms with E-state index in [4.69, 9.17) is 10.5 Å². The lowest BCUT2D eigenvalue weighted by Crippen LogP contribution is -2.13. The summed E-state index contributed by atoms with van der Waals surface area (Å²) in [5.41, 5.74) is 7.52. The van der Waals surface area contributed by atoms with Gasteiger partial charge in [0.2, 0.25) is 0 Å². The van der Waals surface area contributed by atoms with E-state index < -0.39 is 0 Å². The summed E-state index contributed by atoms with van der Waals surface area (Å²) >= 11 is 1.23.